The van der Waals surface area contributed by atoms with Crippen LogP contribution in [0.2, 0.25) is 0 Å². The summed E-state index contributed by atoms with van der Waals surface area (Å²) in [6.07, 6.45) is 0.982. The van der Waals surface area contributed by atoms with Crippen molar-refractivity contribution in [2.45, 2.75) is 19.9 Å². The van der Waals surface area contributed by atoms with E-state index in [-0.39, 0.29) is 12.5 Å². The molecule has 1 aromatic carbocycles. The molecule has 0 atom stereocenters. The van der Waals surface area contributed by atoms with Crippen molar-refractivity contribution in [2.24, 2.45) is 5.73 Å². The van der Waals surface area contributed by atoms with Gasteiger partial charge < -0.3 is 20.5 Å². The van der Waals surface area contributed by atoms with Crippen molar-refractivity contribution in [3.63, 3.8) is 0 Å². The average molecular weight is 266 g/mol. The minimum absolute atomic E-state index is 0.0222. The molecule has 19 heavy (non-hydrogen) atoms. The fourth-order valence-electron chi connectivity index (χ4n) is 1.54. The molecule has 0 fully saturated rings. The minimum atomic E-state index is -0.184. The second-order valence-electron chi connectivity index (χ2n) is 4.07. The van der Waals surface area contributed by atoms with Crippen LogP contribution in [0.5, 0.6) is 0 Å². The fraction of sp³-hybridized carbons (Fsp3) is 0.500. The fourth-order valence-corrected chi connectivity index (χ4v) is 1.54. The molecule has 1 aromatic rings. The molecule has 1 rings (SSSR count). The van der Waals surface area contributed by atoms with Crippen LogP contribution in [0, 0.1) is 0 Å². The molecule has 0 bridgehead atoms. The Morgan fingerprint density at radius 2 is 1.95 bits per heavy atom. The zero-order chi connectivity index (χ0) is 13.9. The van der Waals surface area contributed by atoms with E-state index >= 15 is 0 Å². The third-order valence-corrected chi connectivity index (χ3v) is 2.46. The molecule has 0 radical (unpaired) electrons. The van der Waals surface area contributed by atoms with Crippen molar-refractivity contribution < 1.29 is 14.3 Å². The third-order valence-electron chi connectivity index (χ3n) is 2.46. The highest BCUT2D eigenvalue weighted by Gasteiger charge is 2.05. The van der Waals surface area contributed by atoms with Crippen molar-refractivity contribution in [3.8, 4) is 0 Å². The highest BCUT2D eigenvalue weighted by Crippen LogP contribution is 2.13. The second kappa shape index (κ2) is 9.49. The predicted molar refractivity (Wildman–Crippen MR) is 74.9 cm³/mol. The summed E-state index contributed by atoms with van der Waals surface area (Å²) in [5.74, 6) is -0.184. The maximum Gasteiger partial charge on any atom is 0.250 e. The molecule has 0 saturated carbocycles. The van der Waals surface area contributed by atoms with Crippen LogP contribution < -0.4 is 11.1 Å². The molecule has 0 unspecified atom stereocenters. The Morgan fingerprint density at radius 1 is 1.21 bits per heavy atom. The van der Waals surface area contributed by atoms with E-state index in [1.165, 1.54) is 0 Å². The highest BCUT2D eigenvalue weighted by atomic mass is 16.5. The summed E-state index contributed by atoms with van der Waals surface area (Å²) >= 11 is 0. The Kier molecular flexibility index (Phi) is 7.81. The molecule has 0 aromatic heterocycles. The monoisotopic (exact) mass is 266 g/mol. The number of para-hydroxylation sites is 1. The molecule has 0 aliphatic carbocycles. The van der Waals surface area contributed by atoms with Crippen LogP contribution >= 0.6 is 0 Å². The van der Waals surface area contributed by atoms with Crippen LogP contribution in [0.15, 0.2) is 24.3 Å². The number of benzene rings is 1. The van der Waals surface area contributed by atoms with Gasteiger partial charge in [0.15, 0.2) is 0 Å². The van der Waals surface area contributed by atoms with Crippen LogP contribution in [0.1, 0.15) is 18.9 Å². The first-order valence-electron chi connectivity index (χ1n) is 6.51. The van der Waals surface area contributed by atoms with Gasteiger partial charge in [0, 0.05) is 18.8 Å². The largest absolute Gasteiger partial charge is 0.379 e. The van der Waals surface area contributed by atoms with Gasteiger partial charge >= 0.3 is 0 Å². The van der Waals surface area contributed by atoms with Gasteiger partial charge in [0.25, 0.3) is 0 Å². The summed E-state index contributed by atoms with van der Waals surface area (Å²) in [4.78, 5) is 11.7. The normalized spacial score (nSPS) is 10.4. The SMILES string of the molecule is CCCOCCOCC(=O)Nc1ccccc1CN. The van der Waals surface area contributed by atoms with Crippen LogP contribution in [-0.2, 0) is 20.8 Å². The first-order valence-corrected chi connectivity index (χ1v) is 6.51. The van der Waals surface area contributed by atoms with E-state index in [9.17, 15) is 4.79 Å². The van der Waals surface area contributed by atoms with Gasteiger partial charge in [-0.2, -0.15) is 0 Å². The van der Waals surface area contributed by atoms with Gasteiger partial charge in [-0.3, -0.25) is 4.79 Å². The average Bonchev–Trinajstić information content (AvgIpc) is 2.43. The Labute approximate surface area is 114 Å². The van der Waals surface area contributed by atoms with Gasteiger partial charge in [-0.25, -0.2) is 0 Å². The molecule has 1 amide bonds. The summed E-state index contributed by atoms with van der Waals surface area (Å²) < 4.78 is 10.5. The van der Waals surface area contributed by atoms with Crippen molar-refractivity contribution in [2.75, 3.05) is 31.7 Å². The first-order chi connectivity index (χ1) is 9.27. The van der Waals surface area contributed by atoms with Crippen molar-refractivity contribution in [3.05, 3.63) is 29.8 Å². The topological polar surface area (TPSA) is 73.6 Å². The lowest BCUT2D eigenvalue weighted by Crippen LogP contribution is -2.21. The van der Waals surface area contributed by atoms with Gasteiger partial charge in [0.1, 0.15) is 6.61 Å². The quantitative estimate of drug-likeness (QED) is 0.665. The lowest BCUT2D eigenvalue weighted by Gasteiger charge is -2.10. The van der Waals surface area contributed by atoms with Gasteiger partial charge in [0.05, 0.1) is 13.2 Å². The number of nitrogens with two attached hydrogens (primary N) is 1. The number of amides is 1. The standard InChI is InChI=1S/C14H22N2O3/c1-2-7-18-8-9-19-11-14(17)16-13-6-4-3-5-12(13)10-15/h3-6H,2,7-11,15H2,1H3,(H,16,17). The molecule has 106 valence electrons. The maximum absolute atomic E-state index is 11.7. The second-order valence-corrected chi connectivity index (χ2v) is 4.07. The van der Waals surface area contributed by atoms with Crippen LogP contribution in [0.4, 0.5) is 5.69 Å². The molecular weight excluding hydrogens is 244 g/mol. The molecule has 5 heteroatoms. The van der Waals surface area contributed by atoms with Crippen LogP contribution in [0.25, 0.3) is 0 Å². The Morgan fingerprint density at radius 3 is 2.68 bits per heavy atom. The zero-order valence-electron chi connectivity index (χ0n) is 11.4. The van der Waals surface area contributed by atoms with E-state index < -0.39 is 0 Å². The number of rotatable bonds is 9. The Hall–Kier alpha value is -1.43. The molecule has 0 saturated heterocycles. The van der Waals surface area contributed by atoms with E-state index in [1.807, 2.05) is 31.2 Å². The number of carbonyl (C=O) groups is 1. The van der Waals surface area contributed by atoms with E-state index in [2.05, 4.69) is 5.32 Å². The van der Waals surface area contributed by atoms with E-state index in [4.69, 9.17) is 15.2 Å². The van der Waals surface area contributed by atoms with Crippen molar-refractivity contribution >= 4 is 11.6 Å². The number of nitrogens with one attached hydrogen (secondary N) is 1. The first kappa shape index (κ1) is 15.6. The predicted octanol–water partition coefficient (Wildman–Crippen LogP) is 1.53. The molecule has 0 spiro atoms. The van der Waals surface area contributed by atoms with E-state index in [1.54, 1.807) is 0 Å². The lowest BCUT2D eigenvalue weighted by atomic mass is 10.2. The van der Waals surface area contributed by atoms with E-state index in [0.717, 1.165) is 24.3 Å². The minimum Gasteiger partial charge on any atom is -0.379 e. The van der Waals surface area contributed by atoms with Crippen molar-refractivity contribution in [1.82, 2.24) is 0 Å². The summed E-state index contributed by atoms with van der Waals surface area (Å²) in [6.45, 7) is 4.12. The third kappa shape index (κ3) is 6.33. The molecule has 0 heterocycles. The number of hydrogen-bond acceptors (Lipinski definition) is 4. The zero-order valence-corrected chi connectivity index (χ0v) is 11.4. The van der Waals surface area contributed by atoms with Gasteiger partial charge in [-0.1, -0.05) is 25.1 Å². The van der Waals surface area contributed by atoms with Gasteiger partial charge in [0.2, 0.25) is 5.91 Å². The Balaban J connectivity index is 2.23. The number of anilines is 1. The maximum atomic E-state index is 11.7. The number of ether oxygens (including phenoxy) is 2. The highest BCUT2D eigenvalue weighted by molar-refractivity contribution is 5.92. The van der Waals surface area contributed by atoms with E-state index in [0.29, 0.717) is 19.8 Å². The number of carbonyl (C=O) groups excluding carboxylic acids is 1. The smallest absolute Gasteiger partial charge is 0.250 e. The molecule has 5 nitrogen and oxygen atoms in total. The number of hydrogen-bond donors (Lipinski definition) is 2. The molecular formula is C14H22N2O3. The molecule has 3 N–H and O–H groups in total. The summed E-state index contributed by atoms with van der Waals surface area (Å²) in [7, 11) is 0. The summed E-state index contributed by atoms with van der Waals surface area (Å²) in [5.41, 5.74) is 7.24. The molecule has 0 aliphatic rings. The van der Waals surface area contributed by atoms with Gasteiger partial charge in [-0.05, 0) is 18.1 Å². The van der Waals surface area contributed by atoms with Gasteiger partial charge in [-0.15, -0.1) is 0 Å². The summed E-state index contributed by atoms with van der Waals surface area (Å²) in [5, 5.41) is 2.78. The summed E-state index contributed by atoms with van der Waals surface area (Å²) in [6, 6.07) is 7.45. The lowest BCUT2D eigenvalue weighted by molar-refractivity contribution is -0.121. The van der Waals surface area contributed by atoms with Crippen LogP contribution in [0.3, 0.4) is 0 Å². The van der Waals surface area contributed by atoms with Crippen molar-refractivity contribution in [1.29, 1.82) is 0 Å². The molecule has 0 aliphatic heterocycles. The van der Waals surface area contributed by atoms with Crippen LogP contribution in [-0.4, -0.2) is 32.3 Å². The Bertz CT molecular complexity index is 383.